The Morgan fingerprint density at radius 1 is 0.782 bits per heavy atom. The Bertz CT molecular complexity index is 2100. The van der Waals surface area contributed by atoms with Crippen molar-refractivity contribution in [3.05, 3.63) is 76.5 Å². The number of methoxy groups -OCH3 is 1. The Balaban J connectivity index is 1.32. The molecule has 4 unspecified atom stereocenters. The average molecular weight is 771 g/mol. The first kappa shape index (κ1) is 39.3. The SMILES string of the molecule is COc1cc(-c2oc3cc(O[C@@H]4OC(C)[C@H](O)C(O)[C@@H]4O)cc(O)c3c(=O)c2O[C@@H]2OC(COC(=O)/C=C/c3ccc(O)cc3)[C@@H](O)C(O)[C@@H]2O)ccc1O. The van der Waals surface area contributed by atoms with E-state index in [9.17, 15) is 55.5 Å². The van der Waals surface area contributed by atoms with Crippen LogP contribution in [0.5, 0.6) is 34.5 Å². The second kappa shape index (κ2) is 16.1. The van der Waals surface area contributed by atoms with E-state index in [2.05, 4.69) is 0 Å². The van der Waals surface area contributed by atoms with E-state index in [-0.39, 0.29) is 39.9 Å². The molecule has 0 spiro atoms. The number of fused-ring (bicyclic) bond motifs is 1. The van der Waals surface area contributed by atoms with Gasteiger partial charge in [-0.3, -0.25) is 4.79 Å². The van der Waals surface area contributed by atoms with Gasteiger partial charge in [-0.25, -0.2) is 4.79 Å². The van der Waals surface area contributed by atoms with Gasteiger partial charge in [0, 0.05) is 23.8 Å². The minimum Gasteiger partial charge on any atom is -0.508 e. The number of hydrogen-bond acceptors (Lipinski definition) is 18. The molecule has 1 aromatic heterocycles. The molecule has 294 valence electrons. The lowest BCUT2D eigenvalue weighted by molar-refractivity contribution is -0.278. The van der Waals surface area contributed by atoms with Gasteiger partial charge < -0.3 is 78.8 Å². The number of aliphatic hydroxyl groups excluding tert-OH is 6. The molecule has 0 amide bonds. The molecule has 0 bridgehead atoms. The Morgan fingerprint density at radius 2 is 1.45 bits per heavy atom. The summed E-state index contributed by atoms with van der Waals surface area (Å²) in [5.74, 6) is -3.14. The van der Waals surface area contributed by atoms with Crippen molar-refractivity contribution < 1.29 is 83.6 Å². The first-order valence-corrected chi connectivity index (χ1v) is 16.7. The zero-order chi connectivity index (χ0) is 39.7. The fourth-order valence-electron chi connectivity index (χ4n) is 5.92. The standard InChI is InChI=1S/C37H38O18/c1-15-27(42)30(45)32(47)36(51-15)52-19-12-21(40)26-23(13-19)53-34(17-6-9-20(39)22(11-17)49-2)35(29(26)44)55-37-33(48)31(46)28(43)24(54-37)14-50-25(41)10-5-16-3-7-18(38)8-4-16/h3-13,15,24,27-28,30-33,36-40,42-43,45-48H,14H2,1-2H3/b10-5+/t15?,24?,27-,28+,30?,31?,32-,33-,36-,37-/m0/s1. The predicted molar refractivity (Wildman–Crippen MR) is 186 cm³/mol. The third-order valence-corrected chi connectivity index (χ3v) is 9.01. The maximum atomic E-state index is 14.1. The van der Waals surface area contributed by atoms with Crippen LogP contribution in [0.2, 0.25) is 0 Å². The summed E-state index contributed by atoms with van der Waals surface area (Å²) in [7, 11) is 1.27. The number of aliphatic hydroxyl groups is 6. The fraction of sp³-hybridized carbons (Fsp3) is 0.351. The molecule has 4 aromatic rings. The van der Waals surface area contributed by atoms with Crippen LogP contribution in [-0.4, -0.2) is 127 Å². The predicted octanol–water partition coefficient (Wildman–Crippen LogP) is 0.235. The van der Waals surface area contributed by atoms with Gasteiger partial charge in [0.05, 0.1) is 13.2 Å². The van der Waals surface area contributed by atoms with E-state index in [0.717, 1.165) is 18.2 Å². The summed E-state index contributed by atoms with van der Waals surface area (Å²) in [6, 6.07) is 11.9. The summed E-state index contributed by atoms with van der Waals surface area (Å²) in [5.41, 5.74) is -0.719. The molecule has 18 heteroatoms. The summed E-state index contributed by atoms with van der Waals surface area (Å²) < 4.78 is 39.1. The van der Waals surface area contributed by atoms with Crippen molar-refractivity contribution in [2.45, 2.75) is 68.3 Å². The van der Waals surface area contributed by atoms with Gasteiger partial charge in [-0.15, -0.1) is 0 Å². The molecule has 0 radical (unpaired) electrons. The molecular formula is C37H38O18. The quantitative estimate of drug-likeness (QED) is 0.0771. The maximum Gasteiger partial charge on any atom is 0.330 e. The number of esters is 1. The molecular weight excluding hydrogens is 732 g/mol. The van der Waals surface area contributed by atoms with Gasteiger partial charge in [0.15, 0.2) is 17.3 Å². The summed E-state index contributed by atoms with van der Waals surface area (Å²) in [5, 5.41) is 93.2. The zero-order valence-corrected chi connectivity index (χ0v) is 29.0. The van der Waals surface area contributed by atoms with Crippen molar-refractivity contribution in [2.24, 2.45) is 0 Å². The lowest BCUT2D eigenvalue weighted by Gasteiger charge is -2.39. The van der Waals surface area contributed by atoms with E-state index in [0.29, 0.717) is 5.56 Å². The van der Waals surface area contributed by atoms with Crippen molar-refractivity contribution in [1.82, 2.24) is 0 Å². The lowest BCUT2D eigenvalue weighted by atomic mass is 9.99. The van der Waals surface area contributed by atoms with Crippen LogP contribution in [0, 0.1) is 0 Å². The van der Waals surface area contributed by atoms with E-state index in [1.807, 2.05) is 0 Å². The van der Waals surface area contributed by atoms with Crippen molar-refractivity contribution in [3.63, 3.8) is 0 Å². The minimum atomic E-state index is -1.99. The largest absolute Gasteiger partial charge is 0.508 e. The van der Waals surface area contributed by atoms with Gasteiger partial charge in [-0.1, -0.05) is 12.1 Å². The van der Waals surface area contributed by atoms with Crippen LogP contribution < -0.4 is 19.6 Å². The monoisotopic (exact) mass is 770 g/mol. The summed E-state index contributed by atoms with van der Waals surface area (Å²) in [4.78, 5) is 26.6. The number of hydrogen-bond donors (Lipinski definition) is 9. The molecule has 10 atom stereocenters. The highest BCUT2D eigenvalue weighted by Gasteiger charge is 2.46. The number of benzene rings is 3. The van der Waals surface area contributed by atoms with E-state index < -0.39 is 96.3 Å². The molecule has 2 saturated heterocycles. The summed E-state index contributed by atoms with van der Waals surface area (Å²) in [6.45, 7) is 0.794. The summed E-state index contributed by atoms with van der Waals surface area (Å²) >= 11 is 0. The number of rotatable bonds is 10. The summed E-state index contributed by atoms with van der Waals surface area (Å²) in [6.07, 6.45) is -13.9. The van der Waals surface area contributed by atoms with Crippen LogP contribution in [-0.2, 0) is 19.0 Å². The first-order valence-electron chi connectivity index (χ1n) is 16.7. The number of carbonyl (C=O) groups excluding carboxylic acids is 1. The molecule has 6 rings (SSSR count). The Labute approximate surface area is 310 Å². The molecule has 2 fully saturated rings. The fourth-order valence-corrected chi connectivity index (χ4v) is 5.92. The van der Waals surface area contributed by atoms with Crippen LogP contribution in [0.15, 0.2) is 69.9 Å². The van der Waals surface area contributed by atoms with E-state index in [4.69, 9.17) is 32.8 Å². The molecule has 0 saturated carbocycles. The van der Waals surface area contributed by atoms with Crippen LogP contribution in [0.4, 0.5) is 0 Å². The third-order valence-electron chi connectivity index (χ3n) is 9.01. The van der Waals surface area contributed by atoms with Crippen molar-refractivity contribution in [2.75, 3.05) is 13.7 Å². The van der Waals surface area contributed by atoms with Gasteiger partial charge in [0.1, 0.15) is 77.6 Å². The van der Waals surface area contributed by atoms with E-state index in [1.165, 1.54) is 50.4 Å². The molecule has 55 heavy (non-hydrogen) atoms. The molecule has 9 N–H and O–H groups in total. The Hall–Kier alpha value is -5.44. The number of aromatic hydroxyl groups is 3. The normalized spacial score (nSPS) is 28.2. The molecule has 2 aliphatic heterocycles. The smallest absolute Gasteiger partial charge is 0.330 e. The second-order valence-electron chi connectivity index (χ2n) is 12.8. The second-order valence-corrected chi connectivity index (χ2v) is 12.8. The molecule has 2 aliphatic rings. The van der Waals surface area contributed by atoms with E-state index >= 15 is 0 Å². The van der Waals surface area contributed by atoms with E-state index in [1.54, 1.807) is 12.1 Å². The maximum absolute atomic E-state index is 14.1. The number of carbonyl (C=O) groups is 1. The van der Waals surface area contributed by atoms with Gasteiger partial charge in [0.25, 0.3) is 0 Å². The number of phenols is 3. The highest BCUT2D eigenvalue weighted by atomic mass is 16.7. The Morgan fingerprint density at radius 3 is 2.15 bits per heavy atom. The zero-order valence-electron chi connectivity index (χ0n) is 29.0. The van der Waals surface area contributed by atoms with Crippen LogP contribution in [0.3, 0.4) is 0 Å². The average Bonchev–Trinajstić information content (AvgIpc) is 3.16. The first-order chi connectivity index (χ1) is 26.2. The topological polar surface area (TPSA) is 285 Å². The number of ether oxygens (including phenoxy) is 6. The van der Waals surface area contributed by atoms with Gasteiger partial charge in [-0.05, 0) is 48.9 Å². The molecule has 18 nitrogen and oxygen atoms in total. The molecule has 0 aliphatic carbocycles. The third kappa shape index (κ3) is 8.16. The highest BCUT2D eigenvalue weighted by molar-refractivity contribution is 5.89. The van der Waals surface area contributed by atoms with Crippen LogP contribution >= 0.6 is 0 Å². The Kier molecular flexibility index (Phi) is 11.5. The van der Waals surface area contributed by atoms with Crippen LogP contribution in [0.1, 0.15) is 12.5 Å². The van der Waals surface area contributed by atoms with Gasteiger partial charge in [0.2, 0.25) is 23.8 Å². The van der Waals surface area contributed by atoms with Crippen molar-refractivity contribution >= 4 is 23.0 Å². The van der Waals surface area contributed by atoms with Crippen molar-refractivity contribution in [1.29, 1.82) is 0 Å². The molecule has 3 aromatic carbocycles. The number of phenolic OH excluding ortho intramolecular Hbond substituents is 3. The van der Waals surface area contributed by atoms with Crippen molar-refractivity contribution in [3.8, 4) is 45.8 Å². The lowest BCUT2D eigenvalue weighted by Crippen LogP contribution is -2.60. The highest BCUT2D eigenvalue weighted by Crippen LogP contribution is 2.40. The van der Waals surface area contributed by atoms with Gasteiger partial charge in [-0.2, -0.15) is 0 Å². The van der Waals surface area contributed by atoms with Gasteiger partial charge >= 0.3 is 5.97 Å². The minimum absolute atomic E-state index is 0.0271. The molecule has 3 heterocycles. The van der Waals surface area contributed by atoms with Crippen LogP contribution in [0.25, 0.3) is 28.4 Å².